The maximum Gasteiger partial charge on any atom is 0.222 e. The summed E-state index contributed by atoms with van der Waals surface area (Å²) in [7, 11) is 2.02. The van der Waals surface area contributed by atoms with E-state index in [1.54, 1.807) is 6.20 Å². The van der Waals surface area contributed by atoms with Crippen LogP contribution < -0.4 is 5.32 Å². The molecule has 0 aromatic carbocycles. The summed E-state index contributed by atoms with van der Waals surface area (Å²) in [4.78, 5) is 10.5. The Kier molecular flexibility index (Phi) is 4.09. The molecule has 0 radical (unpaired) electrons. The van der Waals surface area contributed by atoms with Crippen LogP contribution in [-0.4, -0.2) is 41.0 Å². The van der Waals surface area contributed by atoms with Gasteiger partial charge in [-0.1, -0.05) is 0 Å². The molecule has 1 saturated heterocycles. The molecule has 0 amide bonds. The predicted octanol–water partition coefficient (Wildman–Crippen LogP) is 1.31. The van der Waals surface area contributed by atoms with E-state index >= 15 is 0 Å². The minimum absolute atomic E-state index is 0.333. The van der Waals surface area contributed by atoms with Crippen molar-refractivity contribution in [2.24, 2.45) is 0 Å². The van der Waals surface area contributed by atoms with Gasteiger partial charge in [-0.3, -0.25) is 4.90 Å². The predicted molar refractivity (Wildman–Crippen MR) is 64.4 cm³/mol. The number of likely N-dealkylation sites (tertiary alicyclic amines) is 1. The first-order valence-corrected chi connectivity index (χ1v) is 6.03. The lowest BCUT2D eigenvalue weighted by Gasteiger charge is -2.32. The first-order chi connectivity index (χ1) is 7.78. The Morgan fingerprint density at radius 3 is 3.25 bits per heavy atom. The molecule has 1 atom stereocenters. The summed E-state index contributed by atoms with van der Waals surface area (Å²) in [6, 6.07) is 2.53. The standard InChI is InChI=1S/C11H17ClN4/c1-13-9-3-2-6-16(7-9)8-10-4-5-14-11(12)15-10/h4-5,9,13H,2-3,6-8H2,1H3. The number of aromatic nitrogens is 2. The Morgan fingerprint density at radius 2 is 2.50 bits per heavy atom. The summed E-state index contributed by atoms with van der Waals surface area (Å²) < 4.78 is 0. The third kappa shape index (κ3) is 3.14. The highest BCUT2D eigenvalue weighted by atomic mass is 35.5. The fourth-order valence-corrected chi connectivity index (χ4v) is 2.29. The van der Waals surface area contributed by atoms with Crippen LogP contribution in [0.25, 0.3) is 0 Å². The molecule has 2 heterocycles. The highest BCUT2D eigenvalue weighted by Crippen LogP contribution is 2.13. The molecule has 1 aliphatic heterocycles. The Hall–Kier alpha value is -0.710. The zero-order valence-corrected chi connectivity index (χ0v) is 10.2. The topological polar surface area (TPSA) is 41.0 Å². The maximum absolute atomic E-state index is 5.77. The summed E-state index contributed by atoms with van der Waals surface area (Å²) in [5.74, 6) is 0. The second kappa shape index (κ2) is 5.57. The molecule has 5 heteroatoms. The highest BCUT2D eigenvalue weighted by molar-refractivity contribution is 6.28. The van der Waals surface area contributed by atoms with E-state index in [2.05, 4.69) is 20.2 Å². The van der Waals surface area contributed by atoms with Gasteiger partial charge in [-0.25, -0.2) is 9.97 Å². The van der Waals surface area contributed by atoms with Gasteiger partial charge in [-0.15, -0.1) is 0 Å². The Morgan fingerprint density at radius 1 is 1.62 bits per heavy atom. The summed E-state index contributed by atoms with van der Waals surface area (Å²) in [6.45, 7) is 3.08. The summed E-state index contributed by atoms with van der Waals surface area (Å²) >= 11 is 5.77. The van der Waals surface area contributed by atoms with Gasteiger partial charge in [0.25, 0.3) is 0 Å². The van der Waals surface area contributed by atoms with Crippen molar-refractivity contribution in [1.82, 2.24) is 20.2 Å². The molecular formula is C11H17ClN4. The molecule has 1 fully saturated rings. The molecule has 1 aromatic heterocycles. The van der Waals surface area contributed by atoms with E-state index < -0.39 is 0 Å². The van der Waals surface area contributed by atoms with Gasteiger partial charge >= 0.3 is 0 Å². The largest absolute Gasteiger partial charge is 0.316 e. The molecule has 0 saturated carbocycles. The maximum atomic E-state index is 5.77. The average Bonchev–Trinajstić information content (AvgIpc) is 2.29. The van der Waals surface area contributed by atoms with Gasteiger partial charge in [-0.05, 0) is 44.1 Å². The smallest absolute Gasteiger partial charge is 0.222 e. The number of likely N-dealkylation sites (N-methyl/N-ethyl adjacent to an activating group) is 1. The van der Waals surface area contributed by atoms with E-state index in [1.807, 2.05) is 13.1 Å². The lowest BCUT2D eigenvalue weighted by atomic mass is 10.1. The molecule has 88 valence electrons. The number of hydrogen-bond donors (Lipinski definition) is 1. The van der Waals surface area contributed by atoms with Crippen LogP contribution >= 0.6 is 11.6 Å². The SMILES string of the molecule is CNC1CCCN(Cc2ccnc(Cl)n2)C1. The summed E-state index contributed by atoms with van der Waals surface area (Å²) in [5.41, 5.74) is 0.997. The van der Waals surface area contributed by atoms with Crippen molar-refractivity contribution in [3.63, 3.8) is 0 Å². The van der Waals surface area contributed by atoms with Crippen LogP contribution in [0.3, 0.4) is 0 Å². The van der Waals surface area contributed by atoms with E-state index in [4.69, 9.17) is 11.6 Å². The first kappa shape index (κ1) is 11.8. The van der Waals surface area contributed by atoms with Crippen LogP contribution in [-0.2, 0) is 6.54 Å². The van der Waals surface area contributed by atoms with Gasteiger partial charge in [-0.2, -0.15) is 0 Å². The third-order valence-corrected chi connectivity index (χ3v) is 3.17. The van der Waals surface area contributed by atoms with Crippen LogP contribution in [0.5, 0.6) is 0 Å². The summed E-state index contributed by atoms with van der Waals surface area (Å²) in [5, 5.41) is 3.66. The minimum atomic E-state index is 0.333. The van der Waals surface area contributed by atoms with Crippen LogP contribution in [0, 0.1) is 0 Å². The molecule has 0 aliphatic carbocycles. The fraction of sp³-hybridized carbons (Fsp3) is 0.636. The minimum Gasteiger partial charge on any atom is -0.316 e. The molecule has 1 N–H and O–H groups in total. The van der Waals surface area contributed by atoms with Crippen LogP contribution in [0.4, 0.5) is 0 Å². The third-order valence-electron chi connectivity index (χ3n) is 2.98. The van der Waals surface area contributed by atoms with E-state index in [-0.39, 0.29) is 0 Å². The second-order valence-corrected chi connectivity index (χ2v) is 4.52. The molecule has 1 aliphatic rings. The quantitative estimate of drug-likeness (QED) is 0.809. The lowest BCUT2D eigenvalue weighted by molar-refractivity contribution is 0.186. The highest BCUT2D eigenvalue weighted by Gasteiger charge is 2.18. The number of hydrogen-bond acceptors (Lipinski definition) is 4. The monoisotopic (exact) mass is 240 g/mol. The molecule has 2 rings (SSSR count). The lowest BCUT2D eigenvalue weighted by Crippen LogP contribution is -2.43. The average molecular weight is 241 g/mol. The van der Waals surface area contributed by atoms with E-state index in [1.165, 1.54) is 12.8 Å². The normalized spacial score (nSPS) is 22.2. The molecular weight excluding hydrogens is 224 g/mol. The number of rotatable bonds is 3. The van der Waals surface area contributed by atoms with Crippen LogP contribution in [0.2, 0.25) is 5.28 Å². The first-order valence-electron chi connectivity index (χ1n) is 5.65. The van der Waals surface area contributed by atoms with Crippen molar-refractivity contribution in [2.45, 2.75) is 25.4 Å². The van der Waals surface area contributed by atoms with Crippen molar-refractivity contribution >= 4 is 11.6 Å². The Balaban J connectivity index is 1.94. The summed E-state index contributed by atoms with van der Waals surface area (Å²) in [6.07, 6.45) is 4.21. The Labute approximate surface area is 101 Å². The van der Waals surface area contributed by atoms with Crippen LogP contribution in [0.15, 0.2) is 12.3 Å². The van der Waals surface area contributed by atoms with Gasteiger partial charge < -0.3 is 5.32 Å². The van der Waals surface area contributed by atoms with Crippen molar-refractivity contribution in [1.29, 1.82) is 0 Å². The molecule has 16 heavy (non-hydrogen) atoms. The Bertz CT molecular complexity index is 345. The van der Waals surface area contributed by atoms with E-state index in [0.717, 1.165) is 25.3 Å². The zero-order valence-electron chi connectivity index (χ0n) is 9.49. The molecule has 0 spiro atoms. The van der Waals surface area contributed by atoms with Crippen LogP contribution in [0.1, 0.15) is 18.5 Å². The van der Waals surface area contributed by atoms with E-state index in [9.17, 15) is 0 Å². The van der Waals surface area contributed by atoms with Crippen molar-refractivity contribution in [3.8, 4) is 0 Å². The molecule has 4 nitrogen and oxygen atoms in total. The van der Waals surface area contributed by atoms with Gasteiger partial charge in [0.1, 0.15) is 0 Å². The number of nitrogens with zero attached hydrogens (tertiary/aromatic N) is 3. The number of piperidine rings is 1. The molecule has 1 aromatic rings. The molecule has 0 bridgehead atoms. The molecule has 1 unspecified atom stereocenters. The van der Waals surface area contributed by atoms with Crippen molar-refractivity contribution in [2.75, 3.05) is 20.1 Å². The van der Waals surface area contributed by atoms with Gasteiger partial charge in [0.2, 0.25) is 5.28 Å². The second-order valence-electron chi connectivity index (χ2n) is 4.18. The van der Waals surface area contributed by atoms with Gasteiger partial charge in [0, 0.05) is 25.3 Å². The van der Waals surface area contributed by atoms with Crippen molar-refractivity contribution in [3.05, 3.63) is 23.2 Å². The van der Waals surface area contributed by atoms with Crippen molar-refractivity contribution < 1.29 is 0 Å². The van der Waals surface area contributed by atoms with Gasteiger partial charge in [0.15, 0.2) is 0 Å². The number of halogens is 1. The fourth-order valence-electron chi connectivity index (χ4n) is 2.12. The zero-order chi connectivity index (χ0) is 11.4. The number of nitrogens with one attached hydrogen (secondary N) is 1. The van der Waals surface area contributed by atoms with E-state index in [0.29, 0.717) is 11.3 Å². The van der Waals surface area contributed by atoms with Gasteiger partial charge in [0.05, 0.1) is 5.69 Å².